The van der Waals surface area contributed by atoms with Crippen LogP contribution >= 0.6 is 11.6 Å². The van der Waals surface area contributed by atoms with E-state index in [2.05, 4.69) is 15.2 Å². The van der Waals surface area contributed by atoms with Gasteiger partial charge in [-0.3, -0.25) is 14.4 Å². The van der Waals surface area contributed by atoms with Crippen LogP contribution in [0.25, 0.3) is 10.9 Å². The maximum Gasteiger partial charge on any atom is 0.245 e. The number of benzene rings is 1. The molecule has 2 aliphatic rings. The smallest absolute Gasteiger partial charge is 0.245 e. The Bertz CT molecular complexity index is 1090. The van der Waals surface area contributed by atoms with Gasteiger partial charge >= 0.3 is 0 Å². The van der Waals surface area contributed by atoms with E-state index in [0.717, 1.165) is 49.4 Å². The second kappa shape index (κ2) is 11.1. The largest absolute Gasteiger partial charge is 0.345 e. The number of Topliss-reactive ketones (excluding diaryl/α,β-unsaturated/α-hetero) is 1. The molecule has 35 heavy (non-hydrogen) atoms. The first-order chi connectivity index (χ1) is 16.8. The van der Waals surface area contributed by atoms with E-state index >= 15 is 0 Å². The van der Waals surface area contributed by atoms with Gasteiger partial charge in [-0.1, -0.05) is 36.9 Å². The zero-order valence-electron chi connectivity index (χ0n) is 21.0. The van der Waals surface area contributed by atoms with Gasteiger partial charge in [0.05, 0.1) is 11.6 Å². The molecular formula is C27H37ClN4O3. The van der Waals surface area contributed by atoms with E-state index in [-0.39, 0.29) is 35.6 Å². The van der Waals surface area contributed by atoms with Crippen molar-refractivity contribution in [1.29, 1.82) is 0 Å². The number of likely N-dealkylation sites (N-methyl/N-ethyl adjacent to an activating group) is 1. The maximum absolute atomic E-state index is 13.9. The fourth-order valence-corrected chi connectivity index (χ4v) is 5.84. The molecular weight excluding hydrogens is 464 g/mol. The Balaban J connectivity index is 1.59. The molecule has 190 valence electrons. The van der Waals surface area contributed by atoms with Crippen molar-refractivity contribution < 1.29 is 14.4 Å². The molecule has 2 heterocycles. The van der Waals surface area contributed by atoms with Crippen LogP contribution in [-0.2, 0) is 16.1 Å². The Morgan fingerprint density at radius 1 is 1.11 bits per heavy atom. The Morgan fingerprint density at radius 3 is 2.54 bits per heavy atom. The van der Waals surface area contributed by atoms with Gasteiger partial charge in [0.15, 0.2) is 5.78 Å². The Kier molecular flexibility index (Phi) is 8.17. The zero-order chi connectivity index (χ0) is 25.1. The van der Waals surface area contributed by atoms with E-state index in [9.17, 15) is 14.4 Å². The Morgan fingerprint density at radius 2 is 1.86 bits per heavy atom. The molecule has 2 aromatic rings. The zero-order valence-corrected chi connectivity index (χ0v) is 21.7. The van der Waals surface area contributed by atoms with Gasteiger partial charge in [-0.05, 0) is 64.6 Å². The highest BCUT2D eigenvalue weighted by molar-refractivity contribution is 6.31. The summed E-state index contributed by atoms with van der Waals surface area (Å²) in [4.78, 5) is 40.9. The van der Waals surface area contributed by atoms with Crippen LogP contribution in [-0.4, -0.2) is 58.8 Å². The van der Waals surface area contributed by atoms with Crippen LogP contribution in [0.5, 0.6) is 0 Å². The average molecular weight is 501 g/mol. The molecule has 1 saturated carbocycles. The number of hydrogen-bond acceptors (Lipinski definition) is 4. The first kappa shape index (κ1) is 25.7. The predicted molar refractivity (Wildman–Crippen MR) is 139 cm³/mol. The highest BCUT2D eigenvalue weighted by Crippen LogP contribution is 2.31. The molecule has 1 aromatic heterocycles. The molecule has 8 heteroatoms. The van der Waals surface area contributed by atoms with Crippen LogP contribution in [0.3, 0.4) is 0 Å². The molecule has 1 saturated heterocycles. The fraction of sp³-hybridized carbons (Fsp3) is 0.593. The van der Waals surface area contributed by atoms with Crippen molar-refractivity contribution in [2.45, 2.75) is 83.5 Å². The molecule has 2 fully saturated rings. The lowest BCUT2D eigenvalue weighted by molar-refractivity contribution is -0.139. The summed E-state index contributed by atoms with van der Waals surface area (Å²) in [7, 11) is 1.75. The number of fused-ring (bicyclic) bond motifs is 1. The second-order valence-corrected chi connectivity index (χ2v) is 10.6. The highest BCUT2D eigenvalue weighted by Gasteiger charge is 2.38. The van der Waals surface area contributed by atoms with Crippen molar-refractivity contribution in [3.05, 3.63) is 35.0 Å². The molecule has 3 unspecified atom stereocenters. The van der Waals surface area contributed by atoms with Gasteiger partial charge in [-0.25, -0.2) is 0 Å². The number of ketones is 1. The third kappa shape index (κ3) is 5.56. The highest BCUT2D eigenvalue weighted by atomic mass is 35.5. The van der Waals surface area contributed by atoms with Crippen LogP contribution in [0, 0.1) is 5.92 Å². The fourth-order valence-electron chi connectivity index (χ4n) is 5.68. The number of nitrogens with zero attached hydrogens (tertiary/aromatic N) is 2. The summed E-state index contributed by atoms with van der Waals surface area (Å²) in [6, 6.07) is 4.72. The normalized spacial score (nSPS) is 20.7. The molecule has 1 aromatic carbocycles. The number of nitrogens with one attached hydrogen (secondary N) is 2. The number of hydrogen-bond donors (Lipinski definition) is 2. The van der Waals surface area contributed by atoms with Gasteiger partial charge in [0.1, 0.15) is 6.04 Å². The summed E-state index contributed by atoms with van der Waals surface area (Å²) in [5.41, 5.74) is 1.57. The standard InChI is InChI=1S/C27H37ClN4O3/c1-17(29-3)26(34)30-25(19-8-5-4-6-9-19)27(35)32-13-7-10-21(32)15-31-16-23(18(2)33)22-12-11-20(28)14-24(22)31/h11-12,14,16-17,19,21,25,29H,4-10,13,15H2,1-3H3,(H,30,34). The van der Waals surface area contributed by atoms with E-state index in [1.165, 1.54) is 6.42 Å². The molecule has 3 atom stereocenters. The summed E-state index contributed by atoms with van der Waals surface area (Å²) < 4.78 is 2.06. The van der Waals surface area contributed by atoms with Crippen molar-refractivity contribution in [3.8, 4) is 0 Å². The Hall–Kier alpha value is -2.38. The lowest BCUT2D eigenvalue weighted by Gasteiger charge is -2.35. The number of aromatic nitrogens is 1. The van der Waals surface area contributed by atoms with Gasteiger partial charge in [0.2, 0.25) is 11.8 Å². The molecule has 1 aliphatic heterocycles. The van der Waals surface area contributed by atoms with Gasteiger partial charge in [0, 0.05) is 41.3 Å². The van der Waals surface area contributed by atoms with Crippen molar-refractivity contribution in [2.75, 3.05) is 13.6 Å². The molecule has 2 N–H and O–H groups in total. The number of amides is 2. The van der Waals surface area contributed by atoms with E-state index < -0.39 is 6.04 Å². The van der Waals surface area contributed by atoms with Gasteiger partial charge in [-0.2, -0.15) is 0 Å². The average Bonchev–Trinajstić information content (AvgIpc) is 3.47. The first-order valence-corrected chi connectivity index (χ1v) is 13.3. The van der Waals surface area contributed by atoms with Gasteiger partial charge in [-0.15, -0.1) is 0 Å². The summed E-state index contributed by atoms with van der Waals surface area (Å²) >= 11 is 6.28. The van der Waals surface area contributed by atoms with Crippen molar-refractivity contribution in [1.82, 2.24) is 20.1 Å². The number of halogens is 1. The molecule has 0 bridgehead atoms. The summed E-state index contributed by atoms with van der Waals surface area (Å²) in [5, 5.41) is 7.57. The molecule has 1 aliphatic carbocycles. The van der Waals surface area contributed by atoms with E-state index in [0.29, 0.717) is 23.7 Å². The van der Waals surface area contributed by atoms with Crippen molar-refractivity contribution >= 4 is 40.1 Å². The minimum Gasteiger partial charge on any atom is -0.345 e. The Labute approximate surface area is 212 Å². The number of likely N-dealkylation sites (tertiary alicyclic amines) is 1. The van der Waals surface area contributed by atoms with E-state index in [1.54, 1.807) is 20.0 Å². The summed E-state index contributed by atoms with van der Waals surface area (Å²) in [5.74, 6) is 0.0665. The second-order valence-electron chi connectivity index (χ2n) is 10.1. The SMILES string of the molecule is CNC(C)C(=O)NC(C(=O)N1CCCC1Cn1cc(C(C)=O)c2ccc(Cl)cc21)C1CCCCC1. The van der Waals surface area contributed by atoms with Gasteiger partial charge < -0.3 is 20.1 Å². The monoisotopic (exact) mass is 500 g/mol. The van der Waals surface area contributed by atoms with Crippen LogP contribution < -0.4 is 10.6 Å². The number of rotatable bonds is 8. The summed E-state index contributed by atoms with van der Waals surface area (Å²) in [6.45, 7) is 4.66. The van der Waals surface area contributed by atoms with Crippen LogP contribution in [0.15, 0.2) is 24.4 Å². The third-order valence-corrected chi connectivity index (χ3v) is 8.04. The first-order valence-electron chi connectivity index (χ1n) is 12.9. The van der Waals surface area contributed by atoms with Gasteiger partial charge in [0.25, 0.3) is 0 Å². The topological polar surface area (TPSA) is 83.4 Å². The van der Waals surface area contributed by atoms with Crippen LogP contribution in [0.2, 0.25) is 5.02 Å². The number of carbonyl (C=O) groups is 3. The minimum absolute atomic E-state index is 0.00149. The van der Waals surface area contributed by atoms with Crippen LogP contribution in [0.1, 0.15) is 69.2 Å². The lowest BCUT2D eigenvalue weighted by Crippen LogP contribution is -2.56. The van der Waals surface area contributed by atoms with E-state index in [4.69, 9.17) is 11.6 Å². The van der Waals surface area contributed by atoms with Crippen molar-refractivity contribution in [3.63, 3.8) is 0 Å². The predicted octanol–water partition coefficient (Wildman–Crippen LogP) is 4.16. The summed E-state index contributed by atoms with van der Waals surface area (Å²) in [6.07, 6.45) is 9.01. The molecule has 4 rings (SSSR count). The van der Waals surface area contributed by atoms with Crippen molar-refractivity contribution in [2.24, 2.45) is 5.92 Å². The lowest BCUT2D eigenvalue weighted by atomic mass is 9.83. The molecule has 0 radical (unpaired) electrons. The number of carbonyl (C=O) groups excluding carboxylic acids is 3. The third-order valence-electron chi connectivity index (χ3n) is 7.80. The molecule has 0 spiro atoms. The molecule has 2 amide bonds. The van der Waals surface area contributed by atoms with Crippen LogP contribution in [0.4, 0.5) is 0 Å². The minimum atomic E-state index is -0.497. The molecule has 7 nitrogen and oxygen atoms in total. The quantitative estimate of drug-likeness (QED) is 0.533. The van der Waals surface area contributed by atoms with E-state index in [1.807, 2.05) is 30.2 Å². The maximum atomic E-state index is 13.9.